The van der Waals surface area contributed by atoms with E-state index in [1.54, 1.807) is 19.5 Å². The highest BCUT2D eigenvalue weighted by Gasteiger charge is 2.26. The number of nitrogens with zero attached hydrogens (tertiary/aromatic N) is 3. The Morgan fingerprint density at radius 1 is 1.33 bits per heavy atom. The van der Waals surface area contributed by atoms with Crippen molar-refractivity contribution in [2.45, 2.75) is 38.8 Å². The number of carbonyl (C=O) groups excluding carboxylic acids is 1. The molecule has 0 spiro atoms. The summed E-state index contributed by atoms with van der Waals surface area (Å²) in [5, 5.41) is 11.4. The van der Waals surface area contributed by atoms with E-state index >= 15 is 0 Å². The Balaban J connectivity index is 1.92. The summed E-state index contributed by atoms with van der Waals surface area (Å²) in [7, 11) is 1.62. The quantitative estimate of drug-likeness (QED) is 0.575. The normalized spacial score (nSPS) is 14.9. The van der Waals surface area contributed by atoms with Gasteiger partial charge in [-0.1, -0.05) is 6.92 Å². The van der Waals surface area contributed by atoms with Crippen LogP contribution in [0.1, 0.15) is 41.5 Å². The SMILES string of the molecule is CCc1ccc2c(-c3cncc(Br)c3)c(C(=O)NC3CCNCC3)c(COC)nn12. The van der Waals surface area contributed by atoms with Crippen molar-refractivity contribution in [3.63, 3.8) is 0 Å². The fourth-order valence-corrected chi connectivity index (χ4v) is 4.40. The first kappa shape index (κ1) is 21.0. The van der Waals surface area contributed by atoms with Crippen LogP contribution in [0.4, 0.5) is 0 Å². The fourth-order valence-electron chi connectivity index (χ4n) is 4.04. The highest BCUT2D eigenvalue weighted by molar-refractivity contribution is 9.10. The molecule has 2 N–H and O–H groups in total. The summed E-state index contributed by atoms with van der Waals surface area (Å²) < 4.78 is 8.21. The van der Waals surface area contributed by atoms with Gasteiger partial charge in [0.05, 0.1) is 17.7 Å². The molecule has 1 saturated heterocycles. The van der Waals surface area contributed by atoms with Gasteiger partial charge in [0.1, 0.15) is 5.69 Å². The molecule has 0 bridgehead atoms. The van der Waals surface area contributed by atoms with E-state index in [-0.39, 0.29) is 18.6 Å². The number of hydrogen-bond acceptors (Lipinski definition) is 5. The minimum atomic E-state index is -0.113. The number of pyridine rings is 1. The van der Waals surface area contributed by atoms with Gasteiger partial charge in [-0.2, -0.15) is 5.10 Å². The van der Waals surface area contributed by atoms with Gasteiger partial charge in [-0.15, -0.1) is 0 Å². The van der Waals surface area contributed by atoms with Crippen molar-refractivity contribution in [3.05, 3.63) is 52.0 Å². The molecule has 0 saturated carbocycles. The molecule has 3 aromatic rings. The third-order valence-corrected chi connectivity index (χ3v) is 5.92. The van der Waals surface area contributed by atoms with Crippen LogP contribution in [0.2, 0.25) is 0 Å². The molecule has 0 aromatic carbocycles. The maximum atomic E-state index is 13.5. The number of fused-ring (bicyclic) bond motifs is 1. The van der Waals surface area contributed by atoms with Crippen LogP contribution in [0.15, 0.2) is 35.1 Å². The zero-order valence-electron chi connectivity index (χ0n) is 17.2. The van der Waals surface area contributed by atoms with Gasteiger partial charge in [-0.05, 0) is 66.5 Å². The van der Waals surface area contributed by atoms with Crippen LogP contribution < -0.4 is 10.6 Å². The number of rotatable bonds is 6. The summed E-state index contributed by atoms with van der Waals surface area (Å²) >= 11 is 3.52. The molecule has 4 heterocycles. The van der Waals surface area contributed by atoms with Gasteiger partial charge >= 0.3 is 0 Å². The van der Waals surface area contributed by atoms with Crippen LogP contribution >= 0.6 is 15.9 Å². The number of halogens is 1. The lowest BCUT2D eigenvalue weighted by atomic mass is 9.98. The molecule has 0 radical (unpaired) electrons. The lowest BCUT2D eigenvalue weighted by molar-refractivity contribution is 0.0924. The number of ether oxygens (including phenoxy) is 1. The summed E-state index contributed by atoms with van der Waals surface area (Å²) in [5.41, 5.74) is 4.85. The molecule has 7 nitrogen and oxygen atoms in total. The molecular weight excluding hydrogens is 446 g/mol. The van der Waals surface area contributed by atoms with Gasteiger partial charge in [0, 0.05) is 46.8 Å². The maximum Gasteiger partial charge on any atom is 0.254 e. The fraction of sp³-hybridized carbons (Fsp3) is 0.409. The Morgan fingerprint density at radius 3 is 2.83 bits per heavy atom. The van der Waals surface area contributed by atoms with Crippen molar-refractivity contribution >= 4 is 27.4 Å². The smallest absolute Gasteiger partial charge is 0.254 e. The Hall–Kier alpha value is -2.29. The second kappa shape index (κ2) is 9.24. The molecule has 30 heavy (non-hydrogen) atoms. The maximum absolute atomic E-state index is 13.5. The van der Waals surface area contributed by atoms with Gasteiger partial charge in [-0.25, -0.2) is 4.52 Å². The van der Waals surface area contributed by atoms with E-state index in [1.807, 2.05) is 16.6 Å². The van der Waals surface area contributed by atoms with E-state index < -0.39 is 0 Å². The molecule has 4 rings (SSSR count). The van der Waals surface area contributed by atoms with Crippen molar-refractivity contribution in [1.82, 2.24) is 25.2 Å². The molecule has 0 atom stereocenters. The van der Waals surface area contributed by atoms with Crippen molar-refractivity contribution in [3.8, 4) is 11.1 Å². The zero-order chi connectivity index (χ0) is 21.1. The lowest BCUT2D eigenvalue weighted by Crippen LogP contribution is -2.43. The number of carbonyl (C=O) groups is 1. The van der Waals surface area contributed by atoms with Crippen LogP contribution in [0, 0.1) is 0 Å². The standard InChI is InChI=1S/C22H26BrN5O2/c1-3-17-4-5-19-20(14-10-15(23)12-25-11-14)21(18(13-30-2)27-28(17)19)22(29)26-16-6-8-24-9-7-16/h4-5,10-12,16,24H,3,6-9,13H2,1-2H3,(H,26,29). The molecule has 1 aliphatic heterocycles. The third kappa shape index (κ3) is 4.12. The number of methoxy groups -OCH3 is 1. The molecule has 1 amide bonds. The van der Waals surface area contributed by atoms with Crippen LogP contribution in [-0.4, -0.2) is 46.7 Å². The number of nitrogens with one attached hydrogen (secondary N) is 2. The van der Waals surface area contributed by atoms with Crippen LogP contribution in [0.3, 0.4) is 0 Å². The van der Waals surface area contributed by atoms with Crippen molar-refractivity contribution in [2.75, 3.05) is 20.2 Å². The van der Waals surface area contributed by atoms with Crippen LogP contribution in [0.25, 0.3) is 16.6 Å². The highest BCUT2D eigenvalue weighted by Crippen LogP contribution is 2.33. The summed E-state index contributed by atoms with van der Waals surface area (Å²) in [4.78, 5) is 17.9. The first-order chi connectivity index (χ1) is 14.6. The molecule has 1 aliphatic rings. The van der Waals surface area contributed by atoms with Crippen molar-refractivity contribution < 1.29 is 9.53 Å². The Labute approximate surface area is 184 Å². The molecule has 1 fully saturated rings. The average Bonchev–Trinajstić information content (AvgIpc) is 3.16. The summed E-state index contributed by atoms with van der Waals surface area (Å²) in [5.74, 6) is -0.113. The topological polar surface area (TPSA) is 80.5 Å². The zero-order valence-corrected chi connectivity index (χ0v) is 18.8. The molecule has 158 valence electrons. The monoisotopic (exact) mass is 471 g/mol. The van der Waals surface area contributed by atoms with Gasteiger partial charge in [0.25, 0.3) is 5.91 Å². The van der Waals surface area contributed by atoms with Crippen LogP contribution in [-0.2, 0) is 17.8 Å². The van der Waals surface area contributed by atoms with Crippen molar-refractivity contribution in [1.29, 1.82) is 0 Å². The van der Waals surface area contributed by atoms with Gasteiger partial charge in [-0.3, -0.25) is 9.78 Å². The van der Waals surface area contributed by atoms with E-state index in [0.717, 1.165) is 59.2 Å². The first-order valence-electron chi connectivity index (χ1n) is 10.3. The molecule has 0 aliphatic carbocycles. The number of piperidine rings is 1. The van der Waals surface area contributed by atoms with Gasteiger partial charge in [0.2, 0.25) is 0 Å². The van der Waals surface area contributed by atoms with Gasteiger partial charge < -0.3 is 15.4 Å². The summed E-state index contributed by atoms with van der Waals surface area (Å²) in [6.07, 6.45) is 6.20. The first-order valence-corrected chi connectivity index (χ1v) is 11.1. The highest BCUT2D eigenvalue weighted by atomic mass is 79.9. The van der Waals surface area contributed by atoms with E-state index in [1.165, 1.54) is 0 Å². The van der Waals surface area contributed by atoms with E-state index in [2.05, 4.69) is 44.5 Å². The lowest BCUT2D eigenvalue weighted by Gasteiger charge is -2.25. The van der Waals surface area contributed by atoms with E-state index in [0.29, 0.717) is 11.3 Å². The molecule has 3 aromatic heterocycles. The minimum absolute atomic E-state index is 0.113. The predicted octanol–water partition coefficient (Wildman–Crippen LogP) is 3.35. The average molecular weight is 472 g/mol. The third-order valence-electron chi connectivity index (χ3n) is 5.49. The molecule has 0 unspecified atom stereocenters. The van der Waals surface area contributed by atoms with Crippen LogP contribution in [0.5, 0.6) is 0 Å². The Bertz CT molecular complexity index is 1060. The second-order valence-electron chi connectivity index (χ2n) is 7.49. The largest absolute Gasteiger partial charge is 0.378 e. The number of aromatic nitrogens is 3. The Morgan fingerprint density at radius 2 is 2.13 bits per heavy atom. The van der Waals surface area contributed by atoms with E-state index in [9.17, 15) is 4.79 Å². The molecule has 8 heteroatoms. The molecular formula is C22H26BrN5O2. The minimum Gasteiger partial charge on any atom is -0.378 e. The summed E-state index contributed by atoms with van der Waals surface area (Å²) in [6.45, 7) is 4.17. The Kier molecular flexibility index (Phi) is 6.46. The summed E-state index contributed by atoms with van der Waals surface area (Å²) in [6, 6.07) is 6.22. The number of aryl methyl sites for hydroxylation is 1. The number of amides is 1. The van der Waals surface area contributed by atoms with E-state index in [4.69, 9.17) is 9.84 Å². The predicted molar refractivity (Wildman–Crippen MR) is 120 cm³/mol. The second-order valence-corrected chi connectivity index (χ2v) is 8.41. The van der Waals surface area contributed by atoms with Crippen molar-refractivity contribution in [2.24, 2.45) is 0 Å². The number of hydrogen-bond donors (Lipinski definition) is 2. The van der Waals surface area contributed by atoms with Gasteiger partial charge in [0.15, 0.2) is 0 Å².